The number of hydrogen-bond donors (Lipinski definition) is 1. The van der Waals surface area contributed by atoms with Gasteiger partial charge in [-0.05, 0) is 49.2 Å². The van der Waals surface area contributed by atoms with Crippen LogP contribution in [0.2, 0.25) is 0 Å². The van der Waals surface area contributed by atoms with Gasteiger partial charge in [-0.3, -0.25) is 9.79 Å². The lowest BCUT2D eigenvalue weighted by Crippen LogP contribution is -2.17. The predicted molar refractivity (Wildman–Crippen MR) is 107 cm³/mol. The Morgan fingerprint density at radius 2 is 2.11 bits per heavy atom. The SMILES string of the molecule is Cc1cc2cncn2c(C)c1C(=O)Nc1ccc2c(c1)C(c1ccoc1)=NC2. The van der Waals surface area contributed by atoms with Crippen molar-refractivity contribution in [3.8, 4) is 0 Å². The average molecular weight is 370 g/mol. The molecule has 0 atom stereocenters. The van der Waals surface area contributed by atoms with Gasteiger partial charge in [-0.25, -0.2) is 4.98 Å². The zero-order valence-corrected chi connectivity index (χ0v) is 15.6. The number of fused-ring (bicyclic) bond motifs is 2. The van der Waals surface area contributed by atoms with Gasteiger partial charge in [-0.2, -0.15) is 0 Å². The number of aromatic nitrogens is 2. The number of carbonyl (C=O) groups excluding carboxylic acids is 1. The number of rotatable bonds is 3. The highest BCUT2D eigenvalue weighted by Gasteiger charge is 2.20. The van der Waals surface area contributed by atoms with E-state index in [1.807, 2.05) is 48.6 Å². The number of aliphatic imine (C=N–C) groups is 1. The number of hydrogen-bond acceptors (Lipinski definition) is 4. The Kier molecular flexibility index (Phi) is 3.65. The van der Waals surface area contributed by atoms with Crippen molar-refractivity contribution < 1.29 is 9.21 Å². The summed E-state index contributed by atoms with van der Waals surface area (Å²) in [6, 6.07) is 9.78. The Morgan fingerprint density at radius 1 is 1.21 bits per heavy atom. The van der Waals surface area contributed by atoms with Gasteiger partial charge >= 0.3 is 0 Å². The van der Waals surface area contributed by atoms with Crippen LogP contribution < -0.4 is 5.32 Å². The molecule has 1 amide bonds. The number of nitrogens with one attached hydrogen (secondary N) is 1. The number of furan rings is 1. The highest BCUT2D eigenvalue weighted by molar-refractivity contribution is 6.16. The highest BCUT2D eigenvalue weighted by atomic mass is 16.3. The molecule has 4 heterocycles. The molecular formula is C22H18N4O2. The second-order valence-corrected chi connectivity index (χ2v) is 6.98. The maximum atomic E-state index is 13.0. The maximum absolute atomic E-state index is 13.0. The van der Waals surface area contributed by atoms with Crippen molar-refractivity contribution in [1.29, 1.82) is 0 Å². The zero-order valence-electron chi connectivity index (χ0n) is 15.6. The van der Waals surface area contributed by atoms with Crippen LogP contribution >= 0.6 is 0 Å². The van der Waals surface area contributed by atoms with Gasteiger partial charge < -0.3 is 14.1 Å². The predicted octanol–water partition coefficient (Wildman–Crippen LogP) is 4.15. The summed E-state index contributed by atoms with van der Waals surface area (Å²) in [6.45, 7) is 4.52. The monoisotopic (exact) mass is 370 g/mol. The number of nitrogens with zero attached hydrogens (tertiary/aromatic N) is 3. The number of aryl methyl sites for hydroxylation is 2. The van der Waals surface area contributed by atoms with Gasteiger partial charge in [0.15, 0.2) is 0 Å². The van der Waals surface area contributed by atoms with Gasteiger partial charge in [-0.15, -0.1) is 0 Å². The Labute approximate surface area is 161 Å². The van der Waals surface area contributed by atoms with E-state index < -0.39 is 0 Å². The molecule has 0 aliphatic carbocycles. The summed E-state index contributed by atoms with van der Waals surface area (Å²) in [5, 5.41) is 3.04. The van der Waals surface area contributed by atoms with Crippen molar-refractivity contribution in [3.63, 3.8) is 0 Å². The first-order chi connectivity index (χ1) is 13.6. The largest absolute Gasteiger partial charge is 0.472 e. The molecule has 28 heavy (non-hydrogen) atoms. The van der Waals surface area contributed by atoms with Crippen LogP contribution in [0, 0.1) is 13.8 Å². The van der Waals surface area contributed by atoms with E-state index in [-0.39, 0.29) is 5.91 Å². The normalized spacial score (nSPS) is 12.9. The quantitative estimate of drug-likeness (QED) is 0.589. The Bertz CT molecular complexity index is 1250. The number of amides is 1. The van der Waals surface area contributed by atoms with E-state index in [0.29, 0.717) is 12.1 Å². The second kappa shape index (κ2) is 6.20. The van der Waals surface area contributed by atoms with Gasteiger partial charge in [0.25, 0.3) is 5.91 Å². The molecule has 0 unspecified atom stereocenters. The molecule has 0 radical (unpaired) electrons. The van der Waals surface area contributed by atoms with Crippen LogP contribution in [0.5, 0.6) is 0 Å². The van der Waals surface area contributed by atoms with E-state index in [1.165, 1.54) is 0 Å². The van der Waals surface area contributed by atoms with E-state index in [2.05, 4.69) is 15.3 Å². The molecule has 5 rings (SSSR count). The van der Waals surface area contributed by atoms with E-state index >= 15 is 0 Å². The lowest BCUT2D eigenvalue weighted by atomic mass is 10.0. The van der Waals surface area contributed by atoms with Crippen molar-refractivity contribution in [3.05, 3.63) is 88.9 Å². The van der Waals surface area contributed by atoms with E-state index in [1.54, 1.807) is 25.1 Å². The topological polar surface area (TPSA) is 71.9 Å². The molecule has 1 aliphatic heterocycles. The third-order valence-electron chi connectivity index (χ3n) is 5.20. The Hall–Kier alpha value is -3.67. The van der Waals surface area contributed by atoms with E-state index in [0.717, 1.165) is 44.9 Å². The van der Waals surface area contributed by atoms with Crippen LogP contribution in [0.4, 0.5) is 5.69 Å². The molecule has 0 spiro atoms. The first-order valence-corrected chi connectivity index (χ1v) is 9.06. The fourth-order valence-corrected chi connectivity index (χ4v) is 3.84. The lowest BCUT2D eigenvalue weighted by Gasteiger charge is -2.13. The van der Waals surface area contributed by atoms with Crippen LogP contribution in [0.15, 0.2) is 64.8 Å². The number of benzene rings is 1. The minimum atomic E-state index is -0.134. The van der Waals surface area contributed by atoms with Crippen molar-refractivity contribution in [2.45, 2.75) is 20.4 Å². The molecule has 1 N–H and O–H groups in total. The number of imidazole rings is 1. The summed E-state index contributed by atoms with van der Waals surface area (Å²) < 4.78 is 7.12. The third kappa shape index (κ3) is 2.53. The molecule has 1 aromatic carbocycles. The second-order valence-electron chi connectivity index (χ2n) is 6.98. The van der Waals surface area contributed by atoms with Crippen LogP contribution in [0.25, 0.3) is 5.52 Å². The van der Waals surface area contributed by atoms with Crippen molar-refractivity contribution in [2.24, 2.45) is 4.99 Å². The molecule has 138 valence electrons. The first kappa shape index (κ1) is 16.5. The molecule has 0 saturated carbocycles. The van der Waals surface area contributed by atoms with Gasteiger partial charge in [0.05, 0.1) is 48.4 Å². The van der Waals surface area contributed by atoms with Gasteiger partial charge in [0, 0.05) is 22.5 Å². The molecular weight excluding hydrogens is 352 g/mol. The maximum Gasteiger partial charge on any atom is 0.257 e. The highest BCUT2D eigenvalue weighted by Crippen LogP contribution is 2.27. The number of anilines is 1. The van der Waals surface area contributed by atoms with Crippen LogP contribution in [0.1, 0.15) is 38.3 Å². The zero-order chi connectivity index (χ0) is 19.3. The summed E-state index contributed by atoms with van der Waals surface area (Å²) in [4.78, 5) is 21.8. The Morgan fingerprint density at radius 3 is 2.93 bits per heavy atom. The fraction of sp³-hybridized carbons (Fsp3) is 0.136. The summed E-state index contributed by atoms with van der Waals surface area (Å²) in [6.07, 6.45) is 6.84. The van der Waals surface area contributed by atoms with Crippen LogP contribution in [-0.2, 0) is 6.54 Å². The summed E-state index contributed by atoms with van der Waals surface area (Å²) in [7, 11) is 0. The number of carbonyl (C=O) groups is 1. The first-order valence-electron chi connectivity index (χ1n) is 9.06. The van der Waals surface area contributed by atoms with Gasteiger partial charge in [-0.1, -0.05) is 6.07 Å². The molecule has 3 aromatic heterocycles. The standard InChI is InChI=1S/C22H18N4O2/c1-13-7-18-10-23-12-26(18)14(2)20(13)22(27)25-17-4-3-15-9-24-21(19(15)8-17)16-5-6-28-11-16/h3-8,10-12H,9H2,1-2H3,(H,25,27). The van der Waals surface area contributed by atoms with Gasteiger partial charge in [0.2, 0.25) is 0 Å². The molecule has 1 aliphatic rings. The van der Waals surface area contributed by atoms with Crippen molar-refractivity contribution >= 4 is 22.8 Å². The fourth-order valence-electron chi connectivity index (χ4n) is 3.84. The smallest absolute Gasteiger partial charge is 0.257 e. The summed E-state index contributed by atoms with van der Waals surface area (Å²) >= 11 is 0. The molecule has 4 aromatic rings. The summed E-state index contributed by atoms with van der Waals surface area (Å²) in [5.74, 6) is -0.134. The van der Waals surface area contributed by atoms with Crippen molar-refractivity contribution in [1.82, 2.24) is 9.38 Å². The van der Waals surface area contributed by atoms with Crippen LogP contribution in [-0.4, -0.2) is 21.0 Å². The molecule has 6 heteroatoms. The van der Waals surface area contributed by atoms with Gasteiger partial charge in [0.1, 0.15) is 0 Å². The average Bonchev–Trinajstić information content (AvgIpc) is 3.41. The minimum Gasteiger partial charge on any atom is -0.472 e. The molecule has 6 nitrogen and oxygen atoms in total. The number of pyridine rings is 1. The third-order valence-corrected chi connectivity index (χ3v) is 5.20. The van der Waals surface area contributed by atoms with Crippen LogP contribution in [0.3, 0.4) is 0 Å². The van der Waals surface area contributed by atoms with E-state index in [9.17, 15) is 4.79 Å². The molecule has 0 bridgehead atoms. The molecule has 0 saturated heterocycles. The minimum absolute atomic E-state index is 0.134. The Balaban J connectivity index is 1.49. The summed E-state index contributed by atoms with van der Waals surface area (Å²) in [5.41, 5.74) is 8.17. The van der Waals surface area contributed by atoms with E-state index in [4.69, 9.17) is 4.42 Å². The lowest BCUT2D eigenvalue weighted by molar-refractivity contribution is 0.102. The molecule has 0 fully saturated rings. The van der Waals surface area contributed by atoms with Crippen molar-refractivity contribution in [2.75, 3.05) is 5.32 Å².